The first-order valence-electron chi connectivity index (χ1n) is 8.41. The summed E-state index contributed by atoms with van der Waals surface area (Å²) in [5.74, 6) is -1.66. The molecule has 8 heteroatoms. The third-order valence-corrected chi connectivity index (χ3v) is 3.95. The van der Waals surface area contributed by atoms with Crippen molar-refractivity contribution in [3.63, 3.8) is 0 Å². The van der Waals surface area contributed by atoms with E-state index in [1.165, 1.54) is 24.1 Å². The van der Waals surface area contributed by atoms with Crippen LogP contribution < -0.4 is 5.32 Å². The highest BCUT2D eigenvalue weighted by molar-refractivity contribution is 5.94. The van der Waals surface area contributed by atoms with Gasteiger partial charge in [0.2, 0.25) is 5.91 Å². The lowest BCUT2D eigenvalue weighted by Gasteiger charge is -2.19. The zero-order valence-electron chi connectivity index (χ0n) is 14.7. The van der Waals surface area contributed by atoms with Gasteiger partial charge < -0.3 is 19.7 Å². The number of nitrogens with zero attached hydrogens (tertiary/aromatic N) is 1. The van der Waals surface area contributed by atoms with Crippen molar-refractivity contribution in [1.29, 1.82) is 0 Å². The SMILES string of the molecule is COC(=O)c1ccc(NC(=O)COC(=O)CN2CCCCCC2=O)cc1. The van der Waals surface area contributed by atoms with Crippen molar-refractivity contribution in [2.45, 2.75) is 25.7 Å². The number of hydrogen-bond donors (Lipinski definition) is 1. The Balaban J connectivity index is 1.76. The summed E-state index contributed by atoms with van der Waals surface area (Å²) in [4.78, 5) is 48.3. The number of amides is 2. The highest BCUT2D eigenvalue weighted by Crippen LogP contribution is 2.12. The van der Waals surface area contributed by atoms with Crippen LogP contribution in [0.3, 0.4) is 0 Å². The summed E-state index contributed by atoms with van der Waals surface area (Å²) in [6, 6.07) is 6.11. The van der Waals surface area contributed by atoms with E-state index in [0.29, 0.717) is 24.2 Å². The second-order valence-corrected chi connectivity index (χ2v) is 5.90. The molecule has 0 aliphatic carbocycles. The number of rotatable bonds is 6. The van der Waals surface area contributed by atoms with Crippen LogP contribution in [0.2, 0.25) is 0 Å². The van der Waals surface area contributed by atoms with E-state index in [2.05, 4.69) is 10.1 Å². The number of anilines is 1. The summed E-state index contributed by atoms with van der Waals surface area (Å²) >= 11 is 0. The minimum atomic E-state index is -0.614. The standard InChI is InChI=1S/C18H22N2O6/c1-25-18(24)13-6-8-14(9-7-13)19-15(21)12-26-17(23)11-20-10-4-2-3-5-16(20)22/h6-9H,2-5,10-12H2,1H3,(H,19,21). The summed E-state index contributed by atoms with van der Waals surface area (Å²) in [5.41, 5.74) is 0.820. The maximum absolute atomic E-state index is 11.8. The lowest BCUT2D eigenvalue weighted by Crippen LogP contribution is -2.36. The number of hydrogen-bond acceptors (Lipinski definition) is 6. The largest absolute Gasteiger partial charge is 0.465 e. The van der Waals surface area contributed by atoms with E-state index in [0.717, 1.165) is 19.3 Å². The van der Waals surface area contributed by atoms with E-state index in [9.17, 15) is 19.2 Å². The summed E-state index contributed by atoms with van der Waals surface area (Å²) in [5, 5.41) is 2.56. The van der Waals surface area contributed by atoms with Crippen LogP contribution in [-0.4, -0.2) is 55.5 Å². The molecule has 1 N–H and O–H groups in total. The average molecular weight is 362 g/mol. The highest BCUT2D eigenvalue weighted by atomic mass is 16.5. The smallest absolute Gasteiger partial charge is 0.337 e. The van der Waals surface area contributed by atoms with Gasteiger partial charge in [0, 0.05) is 18.7 Å². The highest BCUT2D eigenvalue weighted by Gasteiger charge is 2.20. The van der Waals surface area contributed by atoms with Gasteiger partial charge in [-0.3, -0.25) is 14.4 Å². The van der Waals surface area contributed by atoms with Crippen molar-refractivity contribution >= 4 is 29.4 Å². The van der Waals surface area contributed by atoms with Crippen LogP contribution in [-0.2, 0) is 23.9 Å². The van der Waals surface area contributed by atoms with Gasteiger partial charge in [0.15, 0.2) is 6.61 Å². The number of carbonyl (C=O) groups excluding carboxylic acids is 4. The van der Waals surface area contributed by atoms with Gasteiger partial charge in [-0.05, 0) is 37.1 Å². The van der Waals surface area contributed by atoms with Crippen LogP contribution in [0.5, 0.6) is 0 Å². The monoisotopic (exact) mass is 362 g/mol. The minimum Gasteiger partial charge on any atom is -0.465 e. The number of nitrogens with one attached hydrogen (secondary N) is 1. The normalized spacial score (nSPS) is 14.3. The molecule has 0 spiro atoms. The zero-order chi connectivity index (χ0) is 18.9. The molecule has 0 atom stereocenters. The molecule has 0 saturated carbocycles. The molecule has 2 amide bonds. The van der Waals surface area contributed by atoms with E-state index >= 15 is 0 Å². The van der Waals surface area contributed by atoms with Crippen LogP contribution in [0.25, 0.3) is 0 Å². The van der Waals surface area contributed by atoms with Gasteiger partial charge in [-0.2, -0.15) is 0 Å². The Morgan fingerprint density at radius 2 is 1.85 bits per heavy atom. The summed E-state index contributed by atoms with van der Waals surface area (Å²) in [6.07, 6.45) is 3.10. The van der Waals surface area contributed by atoms with Gasteiger partial charge in [-0.1, -0.05) is 6.42 Å². The molecule has 2 rings (SSSR count). The first-order valence-corrected chi connectivity index (χ1v) is 8.41. The fraction of sp³-hybridized carbons (Fsp3) is 0.444. The molecule has 1 aliphatic heterocycles. The first kappa shape index (κ1) is 19.4. The molecule has 0 aromatic heterocycles. The number of ether oxygens (including phenoxy) is 2. The van der Waals surface area contributed by atoms with Crippen molar-refractivity contribution in [2.75, 3.05) is 32.1 Å². The molecule has 0 radical (unpaired) electrons. The lowest BCUT2D eigenvalue weighted by atomic mass is 10.2. The van der Waals surface area contributed by atoms with E-state index in [4.69, 9.17) is 4.74 Å². The van der Waals surface area contributed by atoms with E-state index in [1.54, 1.807) is 12.1 Å². The quantitative estimate of drug-likeness (QED) is 0.767. The third kappa shape index (κ3) is 5.87. The van der Waals surface area contributed by atoms with Crippen molar-refractivity contribution in [3.8, 4) is 0 Å². The van der Waals surface area contributed by atoms with Crippen LogP contribution in [0.4, 0.5) is 5.69 Å². The van der Waals surface area contributed by atoms with Gasteiger partial charge in [0.1, 0.15) is 6.54 Å². The van der Waals surface area contributed by atoms with Crippen LogP contribution in [0.15, 0.2) is 24.3 Å². The molecule has 1 aromatic rings. The Morgan fingerprint density at radius 1 is 1.12 bits per heavy atom. The number of carbonyl (C=O) groups is 4. The molecule has 1 aromatic carbocycles. The molecule has 1 saturated heterocycles. The summed E-state index contributed by atoms with van der Waals surface area (Å²) < 4.78 is 9.52. The number of methoxy groups -OCH3 is 1. The zero-order valence-corrected chi connectivity index (χ0v) is 14.7. The molecule has 26 heavy (non-hydrogen) atoms. The van der Waals surface area contributed by atoms with Gasteiger partial charge in [0.05, 0.1) is 12.7 Å². The number of benzene rings is 1. The average Bonchev–Trinajstić information content (AvgIpc) is 2.84. The van der Waals surface area contributed by atoms with Crippen molar-refractivity contribution < 1.29 is 28.7 Å². The maximum atomic E-state index is 11.8. The Bertz CT molecular complexity index is 671. The van der Waals surface area contributed by atoms with Crippen LogP contribution >= 0.6 is 0 Å². The third-order valence-electron chi connectivity index (χ3n) is 3.95. The van der Waals surface area contributed by atoms with E-state index in [-0.39, 0.29) is 12.5 Å². The van der Waals surface area contributed by atoms with Gasteiger partial charge in [-0.15, -0.1) is 0 Å². The Morgan fingerprint density at radius 3 is 2.54 bits per heavy atom. The van der Waals surface area contributed by atoms with Crippen molar-refractivity contribution in [1.82, 2.24) is 4.90 Å². The maximum Gasteiger partial charge on any atom is 0.337 e. The molecule has 1 fully saturated rings. The van der Waals surface area contributed by atoms with Crippen LogP contribution in [0.1, 0.15) is 36.0 Å². The van der Waals surface area contributed by atoms with Gasteiger partial charge >= 0.3 is 11.9 Å². The molecular formula is C18H22N2O6. The molecule has 140 valence electrons. The predicted octanol–water partition coefficient (Wildman–Crippen LogP) is 1.36. The predicted molar refractivity (Wildman–Crippen MR) is 92.4 cm³/mol. The molecule has 1 aliphatic rings. The lowest BCUT2D eigenvalue weighted by molar-refractivity contribution is -0.151. The summed E-state index contributed by atoms with van der Waals surface area (Å²) in [6.45, 7) is -0.0494. The Kier molecular flexibility index (Phi) is 7.13. The van der Waals surface area contributed by atoms with E-state index in [1.807, 2.05) is 0 Å². The second-order valence-electron chi connectivity index (χ2n) is 5.90. The van der Waals surface area contributed by atoms with Crippen LogP contribution in [0, 0.1) is 0 Å². The second kappa shape index (κ2) is 9.55. The van der Waals surface area contributed by atoms with Gasteiger partial charge in [0.25, 0.3) is 5.91 Å². The summed E-state index contributed by atoms with van der Waals surface area (Å²) in [7, 11) is 1.28. The topological polar surface area (TPSA) is 102 Å². The molecule has 8 nitrogen and oxygen atoms in total. The van der Waals surface area contributed by atoms with E-state index < -0.39 is 24.5 Å². The molecular weight excluding hydrogens is 340 g/mol. The van der Waals surface area contributed by atoms with Gasteiger partial charge in [-0.25, -0.2) is 4.79 Å². The molecule has 1 heterocycles. The van der Waals surface area contributed by atoms with Crippen molar-refractivity contribution in [2.24, 2.45) is 0 Å². The first-order chi connectivity index (χ1) is 12.5. The molecule has 0 unspecified atom stereocenters. The fourth-order valence-electron chi connectivity index (χ4n) is 2.56. The Hall–Kier alpha value is -2.90. The number of esters is 2. The number of likely N-dealkylation sites (tertiary alicyclic amines) is 1. The minimum absolute atomic E-state index is 0.0606. The molecule has 0 bridgehead atoms. The van der Waals surface area contributed by atoms with Crippen molar-refractivity contribution in [3.05, 3.63) is 29.8 Å². The fourth-order valence-corrected chi connectivity index (χ4v) is 2.56. The Labute approximate surface area is 151 Å².